The van der Waals surface area contributed by atoms with E-state index in [2.05, 4.69) is 104 Å². The molecule has 0 unspecified atom stereocenters. The van der Waals surface area contributed by atoms with Crippen LogP contribution in [0.1, 0.15) is 0 Å². The quantitative estimate of drug-likeness (QED) is 0.445. The zero-order valence-corrected chi connectivity index (χ0v) is 16.1. The molecule has 3 heteroatoms. The average Bonchev–Trinajstić information content (AvgIpc) is 2.62. The van der Waals surface area contributed by atoms with Crippen molar-refractivity contribution in [1.82, 2.24) is 0 Å². The van der Waals surface area contributed by atoms with Crippen LogP contribution in [-0.2, 0) is 0 Å². The summed E-state index contributed by atoms with van der Waals surface area (Å²) in [7, 11) is -2.04. The first-order valence-corrected chi connectivity index (χ1v) is 9.86. The molecule has 0 aliphatic heterocycles. The predicted octanol–water partition coefficient (Wildman–Crippen LogP) is 4.74. The van der Waals surface area contributed by atoms with E-state index in [1.165, 1.54) is 15.9 Å². The van der Waals surface area contributed by atoms with E-state index in [1.54, 1.807) is 0 Å². The Morgan fingerprint density at radius 2 is 0.875 bits per heavy atom. The van der Waals surface area contributed by atoms with Crippen LogP contribution in [0.25, 0.3) is 0 Å². The van der Waals surface area contributed by atoms with Gasteiger partial charge in [-0.1, -0.05) is 0 Å². The normalized spacial score (nSPS) is 10.8. The van der Waals surface area contributed by atoms with Gasteiger partial charge in [-0.15, -0.1) is 24.8 Å². The number of benzene rings is 3. The van der Waals surface area contributed by atoms with Crippen molar-refractivity contribution >= 4 is 48.0 Å². The molecule has 126 valence electrons. The SMILES string of the molecule is C=CC[PH](c1ccccc1)(c1ccccc1)c1ccccc1.Cl.Cl. The summed E-state index contributed by atoms with van der Waals surface area (Å²) in [6, 6.07) is 32.8. The summed E-state index contributed by atoms with van der Waals surface area (Å²) in [4.78, 5) is 0. The van der Waals surface area contributed by atoms with Gasteiger partial charge in [-0.25, -0.2) is 0 Å². The fourth-order valence-electron chi connectivity index (χ4n) is 3.24. The summed E-state index contributed by atoms with van der Waals surface area (Å²) in [5.74, 6) is 0. The first-order valence-electron chi connectivity index (χ1n) is 7.65. The van der Waals surface area contributed by atoms with E-state index in [9.17, 15) is 0 Å². The largest absolute Gasteiger partial charge is 0.147 e. The van der Waals surface area contributed by atoms with Gasteiger partial charge in [0, 0.05) is 0 Å². The van der Waals surface area contributed by atoms with Crippen molar-refractivity contribution in [2.45, 2.75) is 0 Å². The van der Waals surface area contributed by atoms with Gasteiger partial charge in [0.2, 0.25) is 0 Å². The van der Waals surface area contributed by atoms with Crippen molar-refractivity contribution in [3.63, 3.8) is 0 Å². The first-order chi connectivity index (χ1) is 10.9. The smallest absolute Gasteiger partial charge is 0.147 e. The summed E-state index contributed by atoms with van der Waals surface area (Å²) in [5.41, 5.74) is 0. The molecule has 3 aromatic rings. The van der Waals surface area contributed by atoms with Crippen LogP contribution in [0.4, 0.5) is 0 Å². The Labute approximate surface area is 157 Å². The van der Waals surface area contributed by atoms with Crippen molar-refractivity contribution in [1.29, 1.82) is 0 Å². The molecule has 0 aromatic heterocycles. The van der Waals surface area contributed by atoms with Crippen molar-refractivity contribution in [3.8, 4) is 0 Å². The molecule has 0 bridgehead atoms. The summed E-state index contributed by atoms with van der Waals surface area (Å²) in [5, 5.41) is 4.31. The molecule has 0 saturated heterocycles. The van der Waals surface area contributed by atoms with Gasteiger partial charge in [-0.3, -0.25) is 0 Å². The second-order valence-electron chi connectivity index (χ2n) is 5.50. The Kier molecular flexibility index (Phi) is 8.22. The van der Waals surface area contributed by atoms with E-state index in [4.69, 9.17) is 0 Å². The maximum atomic E-state index is 4.06. The fourth-order valence-corrected chi connectivity index (χ4v) is 7.66. The zero-order chi connectivity index (χ0) is 15.3. The van der Waals surface area contributed by atoms with Gasteiger partial charge in [0.05, 0.1) is 0 Å². The topological polar surface area (TPSA) is 0 Å². The molecule has 0 heterocycles. The van der Waals surface area contributed by atoms with Crippen molar-refractivity contribution < 1.29 is 0 Å². The van der Waals surface area contributed by atoms with Gasteiger partial charge in [0.1, 0.15) is 0 Å². The van der Waals surface area contributed by atoms with Gasteiger partial charge in [-0.2, -0.15) is 0 Å². The molecule has 24 heavy (non-hydrogen) atoms. The first kappa shape index (κ1) is 20.5. The van der Waals surface area contributed by atoms with Crippen LogP contribution in [0.2, 0.25) is 0 Å². The summed E-state index contributed by atoms with van der Waals surface area (Å²) >= 11 is 0. The summed E-state index contributed by atoms with van der Waals surface area (Å²) in [6.45, 7) is 4.06. The van der Waals surface area contributed by atoms with Crippen molar-refractivity contribution in [3.05, 3.63) is 104 Å². The number of allylic oxidation sites excluding steroid dienone is 1. The molecular formula is C21H23Cl2P. The van der Waals surface area contributed by atoms with Crippen LogP contribution < -0.4 is 15.9 Å². The van der Waals surface area contributed by atoms with Gasteiger partial charge in [-0.05, 0) is 0 Å². The van der Waals surface area contributed by atoms with E-state index in [0.717, 1.165) is 6.16 Å². The van der Waals surface area contributed by atoms with Crippen LogP contribution in [0, 0.1) is 0 Å². The molecule has 3 aromatic carbocycles. The molecule has 0 radical (unpaired) electrons. The van der Waals surface area contributed by atoms with Crippen molar-refractivity contribution in [2.24, 2.45) is 0 Å². The second-order valence-corrected chi connectivity index (χ2v) is 9.45. The van der Waals surface area contributed by atoms with Crippen LogP contribution >= 0.6 is 32.1 Å². The van der Waals surface area contributed by atoms with Gasteiger partial charge in [0.15, 0.2) is 0 Å². The third kappa shape index (κ3) is 3.90. The van der Waals surface area contributed by atoms with Gasteiger partial charge >= 0.3 is 133 Å². The third-order valence-electron chi connectivity index (χ3n) is 4.25. The van der Waals surface area contributed by atoms with E-state index >= 15 is 0 Å². The van der Waals surface area contributed by atoms with Crippen LogP contribution in [0.15, 0.2) is 104 Å². The molecular weight excluding hydrogens is 354 g/mol. The Hall–Kier alpha value is -1.59. The molecule has 0 nitrogen and oxygen atoms in total. The van der Waals surface area contributed by atoms with Gasteiger partial charge < -0.3 is 0 Å². The van der Waals surface area contributed by atoms with Crippen molar-refractivity contribution in [2.75, 3.05) is 6.16 Å². The van der Waals surface area contributed by atoms with Gasteiger partial charge in [0.25, 0.3) is 0 Å². The Bertz CT molecular complexity index is 631. The van der Waals surface area contributed by atoms with E-state index in [1.807, 2.05) is 0 Å². The molecule has 0 amide bonds. The molecule has 0 spiro atoms. The molecule has 0 N–H and O–H groups in total. The van der Waals surface area contributed by atoms with E-state index < -0.39 is 7.26 Å². The third-order valence-corrected chi connectivity index (χ3v) is 9.11. The Balaban J connectivity index is 0.00000144. The number of hydrogen-bond donors (Lipinski definition) is 0. The minimum Gasteiger partial charge on any atom is -0.147 e. The standard InChI is InChI=1S/C21H21P.2ClH/c1-2-18-22(19-12-6-3-7-13-19,20-14-8-4-9-15-20)21-16-10-5-11-17-21;;/h2-17,22H,1,18H2;2*1H. The average molecular weight is 377 g/mol. The van der Waals surface area contributed by atoms with Crippen LogP contribution in [0.3, 0.4) is 0 Å². The molecule has 0 atom stereocenters. The van der Waals surface area contributed by atoms with Crippen LogP contribution in [-0.4, -0.2) is 6.16 Å². The Morgan fingerprint density at radius 3 is 1.12 bits per heavy atom. The summed E-state index contributed by atoms with van der Waals surface area (Å²) in [6.07, 6.45) is 3.09. The zero-order valence-electron chi connectivity index (χ0n) is 13.5. The minimum atomic E-state index is -2.04. The molecule has 0 saturated carbocycles. The maximum Gasteiger partial charge on any atom is -0.147 e. The summed E-state index contributed by atoms with van der Waals surface area (Å²) < 4.78 is 0. The second kappa shape index (κ2) is 9.64. The van der Waals surface area contributed by atoms with E-state index in [0.29, 0.717) is 0 Å². The Morgan fingerprint density at radius 1 is 0.583 bits per heavy atom. The fraction of sp³-hybridized carbons (Fsp3) is 0.0476. The number of rotatable bonds is 5. The number of hydrogen-bond acceptors (Lipinski definition) is 0. The molecule has 3 rings (SSSR count). The molecule has 0 aliphatic rings. The van der Waals surface area contributed by atoms with E-state index in [-0.39, 0.29) is 24.8 Å². The monoisotopic (exact) mass is 376 g/mol. The van der Waals surface area contributed by atoms with Crippen LogP contribution in [0.5, 0.6) is 0 Å². The minimum absolute atomic E-state index is 0. The molecule has 0 aliphatic carbocycles. The maximum absolute atomic E-state index is 4.06. The predicted molar refractivity (Wildman–Crippen MR) is 116 cm³/mol. The molecule has 0 fully saturated rings. The number of halogens is 2.